The SMILES string of the molecule is CNC(c1cccc(Cl)c1)c1ncc(Br)cc1Br. The number of halogens is 3. The minimum absolute atomic E-state index is 0.00572. The van der Waals surface area contributed by atoms with Crippen molar-refractivity contribution < 1.29 is 0 Å². The quantitative estimate of drug-likeness (QED) is 0.831. The lowest BCUT2D eigenvalue weighted by molar-refractivity contribution is 0.667. The number of hydrogen-bond acceptors (Lipinski definition) is 2. The molecule has 0 radical (unpaired) electrons. The van der Waals surface area contributed by atoms with Gasteiger partial charge in [-0.05, 0) is 62.7 Å². The number of benzene rings is 1. The smallest absolute Gasteiger partial charge is 0.0761 e. The molecule has 0 saturated heterocycles. The topological polar surface area (TPSA) is 24.9 Å². The first kappa shape index (κ1) is 14.0. The van der Waals surface area contributed by atoms with Crippen molar-refractivity contribution in [3.63, 3.8) is 0 Å². The second kappa shape index (κ2) is 6.15. The fourth-order valence-corrected chi connectivity index (χ4v) is 3.20. The third-order valence-electron chi connectivity index (χ3n) is 2.58. The van der Waals surface area contributed by atoms with Gasteiger partial charge in [-0.3, -0.25) is 4.98 Å². The van der Waals surface area contributed by atoms with Gasteiger partial charge in [-0.25, -0.2) is 0 Å². The van der Waals surface area contributed by atoms with Gasteiger partial charge in [-0.15, -0.1) is 0 Å². The van der Waals surface area contributed by atoms with E-state index in [0.717, 1.165) is 25.2 Å². The van der Waals surface area contributed by atoms with Gasteiger partial charge in [0.05, 0.1) is 11.7 Å². The molecule has 0 spiro atoms. The van der Waals surface area contributed by atoms with E-state index in [9.17, 15) is 0 Å². The maximum Gasteiger partial charge on any atom is 0.0761 e. The summed E-state index contributed by atoms with van der Waals surface area (Å²) >= 11 is 13.0. The molecule has 2 aromatic rings. The molecule has 1 aromatic carbocycles. The molecule has 0 saturated carbocycles. The Kier molecular flexibility index (Phi) is 4.78. The van der Waals surface area contributed by atoms with Crippen LogP contribution in [0.25, 0.3) is 0 Å². The molecular weight excluding hydrogens is 379 g/mol. The maximum absolute atomic E-state index is 6.03. The molecule has 2 nitrogen and oxygen atoms in total. The summed E-state index contributed by atoms with van der Waals surface area (Å²) in [5.74, 6) is 0. The highest BCUT2D eigenvalue weighted by Gasteiger charge is 2.16. The Balaban J connectivity index is 2.45. The first-order valence-electron chi connectivity index (χ1n) is 5.35. The molecule has 94 valence electrons. The van der Waals surface area contributed by atoms with Gasteiger partial charge >= 0.3 is 0 Å². The second-order valence-electron chi connectivity index (χ2n) is 3.80. The third-order valence-corrected chi connectivity index (χ3v) is 3.88. The Morgan fingerprint density at radius 2 is 2.06 bits per heavy atom. The van der Waals surface area contributed by atoms with Crippen molar-refractivity contribution in [3.8, 4) is 0 Å². The van der Waals surface area contributed by atoms with Gasteiger partial charge in [0, 0.05) is 20.2 Å². The minimum atomic E-state index is 0.00572. The van der Waals surface area contributed by atoms with E-state index in [0.29, 0.717) is 0 Å². The van der Waals surface area contributed by atoms with Crippen molar-refractivity contribution in [2.24, 2.45) is 0 Å². The van der Waals surface area contributed by atoms with Gasteiger partial charge in [-0.1, -0.05) is 23.7 Å². The Morgan fingerprint density at radius 3 is 2.67 bits per heavy atom. The van der Waals surface area contributed by atoms with Crippen molar-refractivity contribution in [1.29, 1.82) is 0 Å². The molecule has 18 heavy (non-hydrogen) atoms. The van der Waals surface area contributed by atoms with Crippen LogP contribution in [0.4, 0.5) is 0 Å². The summed E-state index contributed by atoms with van der Waals surface area (Å²) < 4.78 is 1.90. The van der Waals surface area contributed by atoms with Crippen LogP contribution in [0, 0.1) is 0 Å². The molecule has 1 heterocycles. The van der Waals surface area contributed by atoms with E-state index in [1.807, 2.05) is 37.4 Å². The molecule has 5 heteroatoms. The first-order valence-corrected chi connectivity index (χ1v) is 7.32. The van der Waals surface area contributed by atoms with E-state index in [1.165, 1.54) is 0 Å². The summed E-state index contributed by atoms with van der Waals surface area (Å²) in [6.07, 6.45) is 1.79. The summed E-state index contributed by atoms with van der Waals surface area (Å²) in [6.45, 7) is 0. The summed E-state index contributed by atoms with van der Waals surface area (Å²) in [6, 6.07) is 9.77. The Labute approximate surface area is 128 Å². The highest BCUT2D eigenvalue weighted by Crippen LogP contribution is 2.29. The highest BCUT2D eigenvalue weighted by atomic mass is 79.9. The van der Waals surface area contributed by atoms with Crippen molar-refractivity contribution in [1.82, 2.24) is 10.3 Å². The van der Waals surface area contributed by atoms with E-state index in [4.69, 9.17) is 11.6 Å². The molecule has 2 rings (SSSR count). The van der Waals surface area contributed by atoms with Gasteiger partial charge in [0.2, 0.25) is 0 Å². The van der Waals surface area contributed by atoms with Crippen molar-refractivity contribution in [2.75, 3.05) is 7.05 Å². The van der Waals surface area contributed by atoms with Gasteiger partial charge in [0.15, 0.2) is 0 Å². The van der Waals surface area contributed by atoms with Crippen LogP contribution >= 0.6 is 43.5 Å². The van der Waals surface area contributed by atoms with E-state index in [-0.39, 0.29) is 6.04 Å². The second-order valence-corrected chi connectivity index (χ2v) is 6.00. The van der Waals surface area contributed by atoms with Crippen LogP contribution in [0.1, 0.15) is 17.3 Å². The predicted molar refractivity (Wildman–Crippen MR) is 82.0 cm³/mol. The summed E-state index contributed by atoms with van der Waals surface area (Å²) in [5, 5.41) is 3.98. The van der Waals surface area contributed by atoms with Crippen LogP contribution in [-0.4, -0.2) is 12.0 Å². The maximum atomic E-state index is 6.03. The average Bonchev–Trinajstić information content (AvgIpc) is 2.33. The number of nitrogens with one attached hydrogen (secondary N) is 1. The molecule has 1 unspecified atom stereocenters. The van der Waals surface area contributed by atoms with Crippen LogP contribution in [-0.2, 0) is 0 Å². The number of hydrogen-bond donors (Lipinski definition) is 1. The molecule has 1 atom stereocenters. The van der Waals surface area contributed by atoms with E-state index >= 15 is 0 Å². The van der Waals surface area contributed by atoms with Crippen molar-refractivity contribution in [2.45, 2.75) is 6.04 Å². The Bertz CT molecular complexity index is 560. The van der Waals surface area contributed by atoms with Crippen LogP contribution < -0.4 is 5.32 Å². The Hall–Kier alpha value is -0.420. The fourth-order valence-electron chi connectivity index (χ4n) is 1.78. The monoisotopic (exact) mass is 388 g/mol. The number of aromatic nitrogens is 1. The zero-order valence-corrected chi connectivity index (χ0v) is 13.6. The fraction of sp³-hybridized carbons (Fsp3) is 0.154. The van der Waals surface area contributed by atoms with E-state index in [2.05, 4.69) is 42.2 Å². The highest BCUT2D eigenvalue weighted by molar-refractivity contribution is 9.11. The molecule has 0 aliphatic rings. The summed E-state index contributed by atoms with van der Waals surface area (Å²) in [7, 11) is 1.90. The molecular formula is C13H11Br2ClN2. The average molecular weight is 391 g/mol. The van der Waals surface area contributed by atoms with Crippen LogP contribution in [0.2, 0.25) is 5.02 Å². The normalized spacial score (nSPS) is 12.4. The molecule has 0 bridgehead atoms. The summed E-state index contributed by atoms with van der Waals surface area (Å²) in [5.41, 5.74) is 2.02. The third kappa shape index (κ3) is 3.12. The van der Waals surface area contributed by atoms with Gasteiger partial charge in [0.25, 0.3) is 0 Å². The van der Waals surface area contributed by atoms with Crippen LogP contribution in [0.5, 0.6) is 0 Å². The number of pyridine rings is 1. The number of rotatable bonds is 3. The largest absolute Gasteiger partial charge is 0.308 e. The molecule has 1 aromatic heterocycles. The molecule has 0 aliphatic heterocycles. The summed E-state index contributed by atoms with van der Waals surface area (Å²) in [4.78, 5) is 4.46. The molecule has 0 amide bonds. The van der Waals surface area contributed by atoms with Crippen LogP contribution in [0.3, 0.4) is 0 Å². The standard InChI is InChI=1S/C13H11Br2ClN2/c1-17-12(8-3-2-4-10(16)5-8)13-11(15)6-9(14)7-18-13/h2-7,12,17H,1H3. The number of nitrogens with zero attached hydrogens (tertiary/aromatic N) is 1. The molecule has 0 aliphatic carbocycles. The molecule has 1 N–H and O–H groups in total. The lowest BCUT2D eigenvalue weighted by Gasteiger charge is -2.18. The predicted octanol–water partition coefficient (Wildman–Crippen LogP) is 4.57. The van der Waals surface area contributed by atoms with Gasteiger partial charge in [0.1, 0.15) is 0 Å². The van der Waals surface area contributed by atoms with Gasteiger partial charge in [-0.2, -0.15) is 0 Å². The van der Waals surface area contributed by atoms with Gasteiger partial charge < -0.3 is 5.32 Å². The lowest BCUT2D eigenvalue weighted by Crippen LogP contribution is -2.19. The minimum Gasteiger partial charge on any atom is -0.308 e. The first-order chi connectivity index (χ1) is 8.61. The Morgan fingerprint density at radius 1 is 1.28 bits per heavy atom. The lowest BCUT2D eigenvalue weighted by atomic mass is 10.0. The van der Waals surface area contributed by atoms with E-state index in [1.54, 1.807) is 6.20 Å². The zero-order valence-electron chi connectivity index (χ0n) is 9.62. The zero-order chi connectivity index (χ0) is 13.1. The van der Waals surface area contributed by atoms with Crippen molar-refractivity contribution >= 4 is 43.5 Å². The van der Waals surface area contributed by atoms with Crippen LogP contribution in [0.15, 0.2) is 45.5 Å². The molecule has 0 fully saturated rings. The van der Waals surface area contributed by atoms with E-state index < -0.39 is 0 Å². The van der Waals surface area contributed by atoms with Crippen molar-refractivity contribution in [3.05, 3.63) is 61.8 Å².